The number of carbonyl (C=O) groups excluding carboxylic acids is 1. The van der Waals surface area contributed by atoms with Crippen molar-refractivity contribution < 1.29 is 4.79 Å². The fraction of sp³-hybridized carbons (Fsp3) is 0.412. The molecule has 0 radical (unpaired) electrons. The maximum atomic E-state index is 12.5. The molecule has 1 aromatic carbocycles. The molecule has 21 heavy (non-hydrogen) atoms. The van der Waals surface area contributed by atoms with Crippen LogP contribution in [0.4, 0.5) is 0 Å². The summed E-state index contributed by atoms with van der Waals surface area (Å²) in [6.45, 7) is 0. The number of imidazole rings is 1. The Bertz CT molecular complexity index is 653. The molecule has 2 aliphatic carbocycles. The van der Waals surface area contributed by atoms with Gasteiger partial charge in [-0.3, -0.25) is 4.79 Å². The van der Waals surface area contributed by atoms with Crippen LogP contribution in [0.25, 0.3) is 5.69 Å². The molecule has 0 saturated heterocycles. The van der Waals surface area contributed by atoms with E-state index in [-0.39, 0.29) is 5.91 Å². The van der Waals surface area contributed by atoms with Crippen LogP contribution >= 0.6 is 0 Å². The monoisotopic (exact) mass is 281 g/mol. The molecule has 1 atom stereocenters. The summed E-state index contributed by atoms with van der Waals surface area (Å²) in [6.07, 6.45) is 11.7. The molecule has 0 aliphatic heterocycles. The molecule has 2 aliphatic rings. The van der Waals surface area contributed by atoms with Gasteiger partial charge >= 0.3 is 0 Å². The zero-order valence-electron chi connectivity index (χ0n) is 12.0. The number of hydrogen-bond acceptors (Lipinski definition) is 2. The highest BCUT2D eigenvalue weighted by Gasteiger charge is 2.51. The molecule has 1 amide bonds. The third kappa shape index (κ3) is 2.06. The lowest BCUT2D eigenvalue weighted by molar-refractivity contribution is -0.0147. The number of nitrogens with zero attached hydrogens (tertiary/aromatic N) is 2. The molecule has 0 bridgehead atoms. The van der Waals surface area contributed by atoms with E-state index in [0.717, 1.165) is 17.7 Å². The maximum Gasteiger partial charge on any atom is 0.251 e. The largest absolute Gasteiger partial charge is 0.349 e. The minimum Gasteiger partial charge on any atom is -0.349 e. The number of rotatable bonds is 3. The van der Waals surface area contributed by atoms with E-state index in [1.165, 1.54) is 25.7 Å². The lowest BCUT2D eigenvalue weighted by atomic mass is 9.53. The summed E-state index contributed by atoms with van der Waals surface area (Å²) in [7, 11) is 0. The minimum atomic E-state index is 0.0490. The van der Waals surface area contributed by atoms with Crippen LogP contribution in [0.1, 0.15) is 42.5 Å². The predicted molar refractivity (Wildman–Crippen MR) is 80.3 cm³/mol. The first-order chi connectivity index (χ1) is 10.3. The number of amides is 1. The summed E-state index contributed by atoms with van der Waals surface area (Å²) in [6, 6.07) is 8.08. The van der Waals surface area contributed by atoms with Crippen LogP contribution in [0.5, 0.6) is 0 Å². The molecule has 1 N–H and O–H groups in total. The van der Waals surface area contributed by atoms with E-state index in [1.807, 2.05) is 35.0 Å². The van der Waals surface area contributed by atoms with Crippen molar-refractivity contribution in [3.63, 3.8) is 0 Å². The van der Waals surface area contributed by atoms with Gasteiger partial charge in [0.25, 0.3) is 5.91 Å². The summed E-state index contributed by atoms with van der Waals surface area (Å²) in [5.41, 5.74) is 2.13. The van der Waals surface area contributed by atoms with Crippen molar-refractivity contribution in [2.45, 2.75) is 38.1 Å². The van der Waals surface area contributed by atoms with Crippen molar-refractivity contribution >= 4 is 5.91 Å². The molecule has 1 unspecified atom stereocenters. The Balaban J connectivity index is 1.51. The number of aromatic nitrogens is 2. The van der Waals surface area contributed by atoms with Crippen LogP contribution in [0, 0.1) is 5.41 Å². The van der Waals surface area contributed by atoms with E-state index < -0.39 is 0 Å². The Hall–Kier alpha value is -2.10. The van der Waals surface area contributed by atoms with Crippen molar-refractivity contribution in [2.24, 2.45) is 5.41 Å². The Morgan fingerprint density at radius 2 is 2.24 bits per heavy atom. The SMILES string of the molecule is O=C(NC1CCC12CCC2)c1cccc(-n2ccnc2)c1. The predicted octanol–water partition coefficient (Wildman–Crippen LogP) is 2.93. The van der Waals surface area contributed by atoms with Crippen LogP contribution in [-0.4, -0.2) is 21.5 Å². The van der Waals surface area contributed by atoms with Gasteiger partial charge in [-0.1, -0.05) is 12.5 Å². The second-order valence-corrected chi connectivity index (χ2v) is 6.30. The fourth-order valence-electron chi connectivity index (χ4n) is 3.61. The third-order valence-corrected chi connectivity index (χ3v) is 5.24. The Morgan fingerprint density at radius 1 is 1.33 bits per heavy atom. The Morgan fingerprint density at radius 3 is 2.86 bits per heavy atom. The normalized spacial score (nSPS) is 22.4. The van der Waals surface area contributed by atoms with E-state index >= 15 is 0 Å². The number of carbonyl (C=O) groups is 1. The molecular formula is C17H19N3O. The number of nitrogens with one attached hydrogen (secondary N) is 1. The van der Waals surface area contributed by atoms with Crippen molar-refractivity contribution in [1.29, 1.82) is 0 Å². The zero-order chi connectivity index (χ0) is 14.3. The first-order valence-electron chi connectivity index (χ1n) is 7.66. The fourth-order valence-corrected chi connectivity index (χ4v) is 3.61. The number of benzene rings is 1. The van der Waals surface area contributed by atoms with Gasteiger partial charge in [-0.25, -0.2) is 4.98 Å². The average molecular weight is 281 g/mol. The van der Waals surface area contributed by atoms with E-state index in [2.05, 4.69) is 10.3 Å². The van der Waals surface area contributed by atoms with Gasteiger partial charge < -0.3 is 9.88 Å². The maximum absolute atomic E-state index is 12.5. The standard InChI is InChI=1S/C17H19N3O/c21-16(19-15-5-8-17(15)6-2-7-17)13-3-1-4-14(11-13)20-10-9-18-12-20/h1,3-4,9-12,15H,2,5-8H2,(H,19,21). The Labute approximate surface area is 124 Å². The van der Waals surface area contributed by atoms with Gasteiger partial charge in [0.05, 0.1) is 6.33 Å². The van der Waals surface area contributed by atoms with Crippen LogP contribution in [0.3, 0.4) is 0 Å². The van der Waals surface area contributed by atoms with Gasteiger partial charge in [-0.15, -0.1) is 0 Å². The molecule has 2 fully saturated rings. The molecule has 2 saturated carbocycles. The highest BCUT2D eigenvalue weighted by atomic mass is 16.1. The summed E-state index contributed by atoms with van der Waals surface area (Å²) in [5, 5.41) is 3.23. The minimum absolute atomic E-state index is 0.0490. The third-order valence-electron chi connectivity index (χ3n) is 5.24. The van der Waals surface area contributed by atoms with Gasteiger partial charge in [0.15, 0.2) is 0 Å². The van der Waals surface area contributed by atoms with Crippen LogP contribution < -0.4 is 5.32 Å². The number of hydrogen-bond donors (Lipinski definition) is 1. The second-order valence-electron chi connectivity index (χ2n) is 6.30. The van der Waals surface area contributed by atoms with Gasteiger partial charge in [0, 0.05) is 29.7 Å². The average Bonchev–Trinajstić information content (AvgIpc) is 2.96. The highest BCUT2D eigenvalue weighted by molar-refractivity contribution is 5.95. The first kappa shape index (κ1) is 12.6. The van der Waals surface area contributed by atoms with Crippen molar-refractivity contribution in [3.8, 4) is 5.69 Å². The van der Waals surface area contributed by atoms with E-state index in [1.54, 1.807) is 12.5 Å². The molecule has 1 spiro atoms. The van der Waals surface area contributed by atoms with Crippen molar-refractivity contribution in [3.05, 3.63) is 48.5 Å². The molecule has 1 aromatic heterocycles. The molecular weight excluding hydrogens is 262 g/mol. The molecule has 4 nitrogen and oxygen atoms in total. The van der Waals surface area contributed by atoms with Gasteiger partial charge in [-0.05, 0) is 49.3 Å². The second kappa shape index (κ2) is 4.72. The molecule has 2 aromatic rings. The van der Waals surface area contributed by atoms with Crippen LogP contribution in [-0.2, 0) is 0 Å². The van der Waals surface area contributed by atoms with Gasteiger partial charge in [-0.2, -0.15) is 0 Å². The lowest BCUT2D eigenvalue weighted by Crippen LogP contribution is -2.58. The lowest BCUT2D eigenvalue weighted by Gasteiger charge is -2.56. The highest BCUT2D eigenvalue weighted by Crippen LogP contribution is 2.55. The summed E-state index contributed by atoms with van der Waals surface area (Å²) in [5.74, 6) is 0.0490. The quantitative estimate of drug-likeness (QED) is 0.940. The smallest absolute Gasteiger partial charge is 0.251 e. The summed E-state index contributed by atoms with van der Waals surface area (Å²) < 4.78 is 1.91. The molecule has 1 heterocycles. The zero-order valence-corrected chi connectivity index (χ0v) is 12.0. The van der Waals surface area contributed by atoms with Crippen molar-refractivity contribution in [2.75, 3.05) is 0 Å². The van der Waals surface area contributed by atoms with E-state index in [4.69, 9.17) is 0 Å². The summed E-state index contributed by atoms with van der Waals surface area (Å²) in [4.78, 5) is 16.5. The van der Waals surface area contributed by atoms with Crippen molar-refractivity contribution in [1.82, 2.24) is 14.9 Å². The van der Waals surface area contributed by atoms with E-state index in [0.29, 0.717) is 11.5 Å². The Kier molecular flexibility index (Phi) is 2.84. The van der Waals surface area contributed by atoms with Gasteiger partial charge in [0.2, 0.25) is 0 Å². The first-order valence-corrected chi connectivity index (χ1v) is 7.66. The van der Waals surface area contributed by atoms with Gasteiger partial charge in [0.1, 0.15) is 0 Å². The summed E-state index contributed by atoms with van der Waals surface area (Å²) >= 11 is 0. The van der Waals surface area contributed by atoms with Crippen LogP contribution in [0.15, 0.2) is 43.0 Å². The molecule has 4 rings (SSSR count). The molecule has 4 heteroatoms. The van der Waals surface area contributed by atoms with Crippen LogP contribution in [0.2, 0.25) is 0 Å². The van der Waals surface area contributed by atoms with E-state index in [9.17, 15) is 4.79 Å². The topological polar surface area (TPSA) is 46.9 Å². The molecule has 108 valence electrons.